The van der Waals surface area contributed by atoms with Crippen molar-refractivity contribution >= 4 is 46.0 Å². The first-order chi connectivity index (χ1) is 16.9. The van der Waals surface area contributed by atoms with Crippen LogP contribution in [-0.2, 0) is 29.2 Å². The molecule has 1 amide bonds. The minimum atomic E-state index is -4.46. The lowest BCUT2D eigenvalue weighted by Gasteiger charge is -2.31. The molecule has 0 spiro atoms. The Hall–Kier alpha value is -2.78. The average molecular weight is 542 g/mol. The fraction of sp³-hybridized carbons (Fsp3) is 0.400. The number of rotatable bonds is 4. The van der Waals surface area contributed by atoms with Crippen molar-refractivity contribution in [2.75, 3.05) is 13.1 Å². The Morgan fingerprint density at radius 3 is 2.44 bits per heavy atom. The van der Waals surface area contributed by atoms with Crippen LogP contribution < -0.4 is 0 Å². The molecule has 6 nitrogen and oxygen atoms in total. The van der Waals surface area contributed by atoms with Crippen LogP contribution in [0.3, 0.4) is 0 Å². The third-order valence-corrected chi connectivity index (χ3v) is 7.26. The number of hydrogen-bond donors (Lipinski definition) is 0. The first kappa shape index (κ1) is 26.3. The molecule has 36 heavy (non-hydrogen) atoms. The summed E-state index contributed by atoms with van der Waals surface area (Å²) < 4.78 is 46.9. The molecule has 1 fully saturated rings. The summed E-state index contributed by atoms with van der Waals surface area (Å²) in [6.07, 6.45) is -2.14. The molecule has 0 atom stereocenters. The number of nitrogens with zero attached hydrogens (tertiary/aromatic N) is 3. The van der Waals surface area contributed by atoms with Crippen LogP contribution >= 0.6 is 23.2 Å². The van der Waals surface area contributed by atoms with E-state index in [1.807, 2.05) is 0 Å². The summed E-state index contributed by atoms with van der Waals surface area (Å²) in [6.45, 7) is 3.78. The molecule has 0 radical (unpaired) electrons. The number of fused-ring (bicyclic) bond motifs is 1. The van der Waals surface area contributed by atoms with Crippen LogP contribution in [0.5, 0.6) is 0 Å². The Labute approximate surface area is 215 Å². The molecule has 11 heteroatoms. The van der Waals surface area contributed by atoms with Gasteiger partial charge in [-0.3, -0.25) is 9.59 Å². The Bertz CT molecular complexity index is 1350. The molecule has 1 aliphatic heterocycles. The van der Waals surface area contributed by atoms with Gasteiger partial charge in [-0.05, 0) is 30.7 Å². The highest BCUT2D eigenvalue weighted by molar-refractivity contribution is 6.37. The van der Waals surface area contributed by atoms with E-state index in [1.54, 1.807) is 29.5 Å². The Morgan fingerprint density at radius 1 is 1.17 bits per heavy atom. The van der Waals surface area contributed by atoms with Crippen LogP contribution in [0.1, 0.15) is 52.5 Å². The molecule has 3 aromatic rings. The third-order valence-electron chi connectivity index (χ3n) is 6.50. The van der Waals surface area contributed by atoms with Crippen molar-refractivity contribution in [1.82, 2.24) is 14.5 Å². The molecule has 4 rings (SSSR count). The van der Waals surface area contributed by atoms with Crippen LogP contribution in [0.4, 0.5) is 13.2 Å². The van der Waals surface area contributed by atoms with Crippen molar-refractivity contribution < 1.29 is 27.5 Å². The zero-order valence-electron chi connectivity index (χ0n) is 19.9. The largest absolute Gasteiger partial charge is 0.462 e. The molecule has 3 heterocycles. The molecule has 0 aliphatic carbocycles. The van der Waals surface area contributed by atoms with Crippen molar-refractivity contribution in [3.05, 3.63) is 62.5 Å². The maximum Gasteiger partial charge on any atom is 0.416 e. The molecule has 0 unspecified atom stereocenters. The number of aryl methyl sites for hydroxylation is 2. The van der Waals surface area contributed by atoms with Crippen molar-refractivity contribution in [1.29, 1.82) is 0 Å². The summed E-state index contributed by atoms with van der Waals surface area (Å²) in [5.74, 6) is -0.665. The van der Waals surface area contributed by atoms with E-state index in [-0.39, 0.29) is 40.1 Å². The number of carbonyl (C=O) groups excluding carboxylic acids is 2. The highest BCUT2D eigenvalue weighted by atomic mass is 35.5. The zero-order chi connectivity index (χ0) is 26.4. The zero-order valence-corrected chi connectivity index (χ0v) is 21.4. The maximum atomic E-state index is 13.3. The van der Waals surface area contributed by atoms with Crippen LogP contribution in [-0.4, -0.2) is 45.5 Å². The number of piperidine rings is 1. The summed E-state index contributed by atoms with van der Waals surface area (Å²) in [4.78, 5) is 30.2. The normalized spacial score (nSPS) is 14.9. The smallest absolute Gasteiger partial charge is 0.416 e. The summed E-state index contributed by atoms with van der Waals surface area (Å²) >= 11 is 13.0. The predicted molar refractivity (Wildman–Crippen MR) is 130 cm³/mol. The highest BCUT2D eigenvalue weighted by Crippen LogP contribution is 2.36. The van der Waals surface area contributed by atoms with E-state index in [0.29, 0.717) is 53.7 Å². The first-order valence-corrected chi connectivity index (χ1v) is 12.1. The van der Waals surface area contributed by atoms with Gasteiger partial charge in [0.2, 0.25) is 0 Å². The number of amides is 1. The summed E-state index contributed by atoms with van der Waals surface area (Å²) in [5, 5.41) is 0.951. The number of halogens is 5. The van der Waals surface area contributed by atoms with Gasteiger partial charge in [0.25, 0.3) is 5.91 Å². The number of esters is 1. The van der Waals surface area contributed by atoms with Crippen molar-refractivity contribution in [3.8, 4) is 0 Å². The Balaban J connectivity index is 1.62. The van der Waals surface area contributed by atoms with E-state index in [1.165, 1.54) is 13.1 Å². The minimum absolute atomic E-state index is 0.114. The van der Waals surface area contributed by atoms with Crippen LogP contribution in [0.25, 0.3) is 10.9 Å². The molecule has 0 bridgehead atoms. The van der Waals surface area contributed by atoms with E-state index in [2.05, 4.69) is 4.98 Å². The van der Waals surface area contributed by atoms with Gasteiger partial charge >= 0.3 is 12.1 Å². The Kier molecular flexibility index (Phi) is 7.26. The molecular weight excluding hydrogens is 518 g/mol. The second kappa shape index (κ2) is 9.94. The van der Waals surface area contributed by atoms with Crippen molar-refractivity contribution in [2.24, 2.45) is 7.05 Å². The molecule has 192 valence electrons. The highest BCUT2D eigenvalue weighted by Gasteiger charge is 2.32. The van der Waals surface area contributed by atoms with Gasteiger partial charge in [-0.15, -0.1) is 0 Å². The van der Waals surface area contributed by atoms with Gasteiger partial charge in [-0.25, -0.2) is 4.98 Å². The van der Waals surface area contributed by atoms with Crippen LogP contribution in [0, 0.1) is 6.92 Å². The van der Waals surface area contributed by atoms with Gasteiger partial charge in [0.05, 0.1) is 16.1 Å². The van der Waals surface area contributed by atoms with Gasteiger partial charge in [-0.1, -0.05) is 23.2 Å². The number of alkyl halides is 3. The lowest BCUT2D eigenvalue weighted by Crippen LogP contribution is -2.41. The molecular formula is C25H24Cl2F3N3O3. The molecule has 0 N–H and O–H groups in total. The van der Waals surface area contributed by atoms with Gasteiger partial charge in [-0.2, -0.15) is 13.2 Å². The van der Waals surface area contributed by atoms with Gasteiger partial charge < -0.3 is 14.2 Å². The van der Waals surface area contributed by atoms with Crippen molar-refractivity contribution in [3.63, 3.8) is 0 Å². The fourth-order valence-corrected chi connectivity index (χ4v) is 5.11. The quantitative estimate of drug-likeness (QED) is 0.301. The lowest BCUT2D eigenvalue weighted by molar-refractivity contribution is -0.148. The number of carbonyl (C=O) groups is 2. The number of ether oxygens (including phenoxy) is 1. The standard InChI is InChI=1S/C25H24Cl2F3N3O3/c1-13-8-15(25(28,29)30)9-21-18(13)10-16(32(21)3)11-19-22(26)20(12-31-23(19)27)24(35)33-6-4-17(5-7-33)36-14(2)34/h8-10,12,17H,4-7,11H2,1-3H3. The van der Waals surface area contributed by atoms with Crippen LogP contribution in [0.2, 0.25) is 10.2 Å². The number of pyridine rings is 1. The summed E-state index contributed by atoms with van der Waals surface area (Å²) in [5.41, 5.74) is 1.49. The van der Waals surface area contributed by atoms with E-state index in [0.717, 1.165) is 12.1 Å². The predicted octanol–water partition coefficient (Wildman–Crippen LogP) is 5.97. The Morgan fingerprint density at radius 2 is 1.83 bits per heavy atom. The van der Waals surface area contributed by atoms with E-state index >= 15 is 0 Å². The van der Waals surface area contributed by atoms with Crippen molar-refractivity contribution in [2.45, 2.75) is 45.4 Å². The van der Waals surface area contributed by atoms with Gasteiger partial charge in [0.15, 0.2) is 0 Å². The second-order valence-corrected chi connectivity index (χ2v) is 9.69. The van der Waals surface area contributed by atoms with E-state index in [9.17, 15) is 22.8 Å². The number of aromatic nitrogens is 2. The van der Waals surface area contributed by atoms with E-state index in [4.69, 9.17) is 27.9 Å². The SMILES string of the molecule is CC(=O)OC1CCN(C(=O)c2cnc(Cl)c(Cc3cc4c(C)cc(C(F)(F)F)cc4n3C)c2Cl)CC1. The molecule has 0 saturated carbocycles. The fourth-order valence-electron chi connectivity index (χ4n) is 4.57. The van der Waals surface area contributed by atoms with Crippen LogP contribution in [0.15, 0.2) is 24.4 Å². The topological polar surface area (TPSA) is 64.4 Å². The van der Waals surface area contributed by atoms with E-state index < -0.39 is 11.7 Å². The van der Waals surface area contributed by atoms with Gasteiger partial charge in [0, 0.05) is 74.7 Å². The second-order valence-electron chi connectivity index (χ2n) is 8.95. The molecule has 2 aromatic heterocycles. The summed E-state index contributed by atoms with van der Waals surface area (Å²) in [6, 6.07) is 4.04. The monoisotopic (exact) mass is 541 g/mol. The lowest BCUT2D eigenvalue weighted by atomic mass is 10.0. The molecule has 1 aromatic carbocycles. The first-order valence-electron chi connectivity index (χ1n) is 11.3. The third kappa shape index (κ3) is 5.18. The minimum Gasteiger partial charge on any atom is -0.462 e. The van der Waals surface area contributed by atoms with Gasteiger partial charge in [0.1, 0.15) is 11.3 Å². The summed E-state index contributed by atoms with van der Waals surface area (Å²) in [7, 11) is 1.68. The molecule has 1 saturated heterocycles. The maximum absolute atomic E-state index is 13.3. The molecule has 1 aliphatic rings. The number of likely N-dealkylation sites (tertiary alicyclic amines) is 1. The average Bonchev–Trinajstić information content (AvgIpc) is 3.12. The number of benzene rings is 1. The number of hydrogen-bond acceptors (Lipinski definition) is 4.